The van der Waals surface area contributed by atoms with Crippen LogP contribution in [0, 0.1) is 0 Å². The predicted octanol–water partition coefficient (Wildman–Crippen LogP) is 3.41. The van der Waals surface area contributed by atoms with Crippen LogP contribution in [0.15, 0.2) is 24.3 Å². The Kier molecular flexibility index (Phi) is 5.92. The van der Waals surface area contributed by atoms with E-state index < -0.39 is 0 Å². The minimum Gasteiger partial charge on any atom is -0.326 e. The van der Waals surface area contributed by atoms with Crippen molar-refractivity contribution in [3.8, 4) is 0 Å². The molecule has 1 amide bonds. The number of hydrogen-bond donors (Lipinski definition) is 2. The number of carbonyl (C=O) groups excluding carboxylic acids is 1. The fourth-order valence-electron chi connectivity index (χ4n) is 2.80. The maximum absolute atomic E-state index is 11.2. The topological polar surface area (TPSA) is 41.1 Å². The Morgan fingerprint density at radius 1 is 1.35 bits per heavy atom. The molecule has 0 spiro atoms. The number of thioether (sulfide) groups is 1. The first-order valence-corrected chi connectivity index (χ1v) is 8.46. The van der Waals surface area contributed by atoms with Gasteiger partial charge in [-0.25, -0.2) is 0 Å². The summed E-state index contributed by atoms with van der Waals surface area (Å²) in [4.78, 5) is 11.2. The van der Waals surface area contributed by atoms with Gasteiger partial charge in [0.25, 0.3) is 0 Å². The lowest BCUT2D eigenvalue weighted by Crippen LogP contribution is -2.34. The third kappa shape index (κ3) is 4.25. The Morgan fingerprint density at radius 3 is 2.90 bits per heavy atom. The van der Waals surface area contributed by atoms with E-state index >= 15 is 0 Å². The van der Waals surface area contributed by atoms with Crippen molar-refractivity contribution >= 4 is 23.4 Å². The molecule has 0 aromatic heterocycles. The summed E-state index contributed by atoms with van der Waals surface area (Å²) in [5.74, 6) is 1.17. The van der Waals surface area contributed by atoms with Crippen LogP contribution in [0.5, 0.6) is 0 Å². The summed E-state index contributed by atoms with van der Waals surface area (Å²) in [6, 6.07) is 8.63. The van der Waals surface area contributed by atoms with Crippen LogP contribution in [0.3, 0.4) is 0 Å². The number of rotatable bonds is 6. The average Bonchev–Trinajstić information content (AvgIpc) is 2.85. The zero-order chi connectivity index (χ0) is 14.4. The Bertz CT molecular complexity index is 450. The molecule has 1 aromatic carbocycles. The zero-order valence-electron chi connectivity index (χ0n) is 12.3. The fraction of sp³-hybridized carbons (Fsp3) is 0.562. The molecule has 1 saturated carbocycles. The number of amides is 1. The van der Waals surface area contributed by atoms with Crippen LogP contribution < -0.4 is 10.6 Å². The van der Waals surface area contributed by atoms with Crippen LogP contribution in [0.2, 0.25) is 0 Å². The molecular weight excluding hydrogens is 268 g/mol. The smallest absolute Gasteiger partial charge is 0.221 e. The Labute approximate surface area is 125 Å². The summed E-state index contributed by atoms with van der Waals surface area (Å²) < 4.78 is 0. The number of benzene rings is 1. The fourth-order valence-corrected chi connectivity index (χ4v) is 4.03. The largest absolute Gasteiger partial charge is 0.326 e. The minimum absolute atomic E-state index is 0.0160. The summed E-state index contributed by atoms with van der Waals surface area (Å²) in [5.41, 5.74) is 2.08. The van der Waals surface area contributed by atoms with E-state index in [1.807, 2.05) is 18.2 Å². The molecule has 3 nitrogen and oxygen atoms in total. The molecule has 0 bridgehead atoms. The van der Waals surface area contributed by atoms with Crippen molar-refractivity contribution in [2.75, 3.05) is 11.1 Å². The number of para-hydroxylation sites is 1. The molecule has 4 heteroatoms. The van der Waals surface area contributed by atoms with E-state index in [1.165, 1.54) is 25.0 Å². The van der Waals surface area contributed by atoms with Crippen LogP contribution in [0.25, 0.3) is 0 Å². The van der Waals surface area contributed by atoms with Crippen molar-refractivity contribution in [1.82, 2.24) is 5.32 Å². The molecule has 1 aliphatic carbocycles. The van der Waals surface area contributed by atoms with Gasteiger partial charge in [0.15, 0.2) is 0 Å². The van der Waals surface area contributed by atoms with E-state index in [1.54, 1.807) is 6.92 Å². The van der Waals surface area contributed by atoms with E-state index in [2.05, 4.69) is 35.4 Å². The highest BCUT2D eigenvalue weighted by Gasteiger charge is 2.26. The number of carbonyl (C=O) groups is 1. The van der Waals surface area contributed by atoms with E-state index in [4.69, 9.17) is 0 Å². The predicted molar refractivity (Wildman–Crippen MR) is 87.1 cm³/mol. The minimum atomic E-state index is -0.0160. The Balaban J connectivity index is 1.95. The van der Waals surface area contributed by atoms with Gasteiger partial charge in [0.1, 0.15) is 0 Å². The summed E-state index contributed by atoms with van der Waals surface area (Å²) in [6.07, 6.45) is 3.91. The highest BCUT2D eigenvalue weighted by Crippen LogP contribution is 2.30. The first kappa shape index (κ1) is 15.4. The average molecular weight is 292 g/mol. The highest BCUT2D eigenvalue weighted by atomic mass is 32.2. The van der Waals surface area contributed by atoms with Crippen molar-refractivity contribution in [1.29, 1.82) is 0 Å². The van der Waals surface area contributed by atoms with Crippen LogP contribution in [0.1, 0.15) is 38.7 Å². The van der Waals surface area contributed by atoms with E-state index in [0.717, 1.165) is 23.0 Å². The van der Waals surface area contributed by atoms with Gasteiger partial charge >= 0.3 is 0 Å². The molecule has 1 aliphatic rings. The van der Waals surface area contributed by atoms with Crippen molar-refractivity contribution in [2.45, 2.75) is 50.9 Å². The maximum Gasteiger partial charge on any atom is 0.221 e. The van der Waals surface area contributed by atoms with Gasteiger partial charge in [0.05, 0.1) is 0 Å². The van der Waals surface area contributed by atoms with Gasteiger partial charge in [-0.05, 0) is 30.2 Å². The molecule has 2 unspecified atom stereocenters. The van der Waals surface area contributed by atoms with Crippen LogP contribution >= 0.6 is 11.8 Å². The van der Waals surface area contributed by atoms with Crippen molar-refractivity contribution < 1.29 is 4.79 Å². The molecule has 1 fully saturated rings. The van der Waals surface area contributed by atoms with Crippen LogP contribution in [0.4, 0.5) is 5.69 Å². The maximum atomic E-state index is 11.2. The lowest BCUT2D eigenvalue weighted by molar-refractivity contribution is -0.114. The normalized spacial score (nSPS) is 21.9. The van der Waals surface area contributed by atoms with Gasteiger partial charge in [0.2, 0.25) is 5.91 Å². The second-order valence-corrected chi connectivity index (χ2v) is 6.77. The molecule has 1 aromatic rings. The van der Waals surface area contributed by atoms with E-state index in [-0.39, 0.29) is 5.91 Å². The molecule has 0 aliphatic heterocycles. The second-order valence-electron chi connectivity index (χ2n) is 5.25. The summed E-state index contributed by atoms with van der Waals surface area (Å²) in [6.45, 7) is 4.60. The first-order valence-electron chi connectivity index (χ1n) is 7.41. The molecule has 20 heavy (non-hydrogen) atoms. The third-order valence-corrected chi connectivity index (χ3v) is 5.04. The second kappa shape index (κ2) is 7.70. The summed E-state index contributed by atoms with van der Waals surface area (Å²) in [7, 11) is 0. The molecule has 0 saturated heterocycles. The monoisotopic (exact) mass is 292 g/mol. The van der Waals surface area contributed by atoms with Gasteiger partial charge < -0.3 is 10.6 Å². The molecule has 110 valence electrons. The van der Waals surface area contributed by atoms with Crippen LogP contribution in [-0.2, 0) is 11.3 Å². The first-order chi connectivity index (χ1) is 9.70. The van der Waals surface area contributed by atoms with Gasteiger partial charge in [-0.2, -0.15) is 11.8 Å². The Morgan fingerprint density at radius 2 is 2.15 bits per heavy atom. The van der Waals surface area contributed by atoms with Crippen molar-refractivity contribution in [3.05, 3.63) is 29.8 Å². The summed E-state index contributed by atoms with van der Waals surface area (Å²) >= 11 is 2.06. The van der Waals surface area contributed by atoms with Gasteiger partial charge in [0, 0.05) is 30.4 Å². The third-order valence-electron chi connectivity index (χ3n) is 3.72. The standard InChI is InChI=1S/C16H24N2OS/c1-3-20-16-10-6-9-15(16)17-11-13-7-4-5-8-14(13)18-12(2)19/h4-5,7-8,15-17H,3,6,9-11H2,1-2H3,(H,18,19). The molecular formula is C16H24N2OS. The molecule has 2 atom stereocenters. The highest BCUT2D eigenvalue weighted by molar-refractivity contribution is 7.99. The Hall–Kier alpha value is -1.00. The van der Waals surface area contributed by atoms with Crippen molar-refractivity contribution in [3.63, 3.8) is 0 Å². The van der Waals surface area contributed by atoms with Crippen LogP contribution in [-0.4, -0.2) is 23.0 Å². The summed E-state index contributed by atoms with van der Waals surface area (Å²) in [5, 5.41) is 7.32. The number of nitrogens with one attached hydrogen (secondary N) is 2. The zero-order valence-corrected chi connectivity index (χ0v) is 13.1. The molecule has 2 N–H and O–H groups in total. The van der Waals surface area contributed by atoms with Crippen molar-refractivity contribution in [2.24, 2.45) is 0 Å². The lowest BCUT2D eigenvalue weighted by atomic mass is 10.1. The quantitative estimate of drug-likeness (QED) is 0.844. The van der Waals surface area contributed by atoms with Gasteiger partial charge in [-0.3, -0.25) is 4.79 Å². The number of hydrogen-bond acceptors (Lipinski definition) is 3. The SMILES string of the molecule is CCSC1CCCC1NCc1ccccc1NC(C)=O. The van der Waals surface area contributed by atoms with Gasteiger partial charge in [-0.1, -0.05) is 31.5 Å². The molecule has 2 rings (SSSR count). The van der Waals surface area contributed by atoms with Gasteiger partial charge in [-0.15, -0.1) is 0 Å². The lowest BCUT2D eigenvalue weighted by Gasteiger charge is -2.21. The van der Waals surface area contributed by atoms with E-state index in [9.17, 15) is 4.79 Å². The number of anilines is 1. The van der Waals surface area contributed by atoms with E-state index in [0.29, 0.717) is 6.04 Å². The molecule has 0 radical (unpaired) electrons. The molecule has 0 heterocycles.